The first-order valence-corrected chi connectivity index (χ1v) is 15.8. The maximum atomic E-state index is 6.31. The minimum Gasteiger partial charge on any atom is -0.381 e. The summed E-state index contributed by atoms with van der Waals surface area (Å²) in [5.74, 6) is 0. The maximum absolute atomic E-state index is 6.31. The number of nitrogens with two attached hydrogens (primary N) is 4. The third kappa shape index (κ3) is 30.8. The maximum Gasteiger partial charge on any atom is 0.107 e. The van der Waals surface area contributed by atoms with Crippen LogP contribution in [-0.2, 0) is 37.9 Å². The van der Waals surface area contributed by atoms with Gasteiger partial charge in [-0.05, 0) is 84.0 Å². The van der Waals surface area contributed by atoms with E-state index in [4.69, 9.17) is 60.8 Å². The van der Waals surface area contributed by atoms with Gasteiger partial charge < -0.3 is 60.8 Å². The van der Waals surface area contributed by atoms with Crippen LogP contribution in [0.4, 0.5) is 0 Å². The summed E-state index contributed by atoms with van der Waals surface area (Å²) >= 11 is 0. The minimum absolute atomic E-state index is 0.168. The highest BCUT2D eigenvalue weighted by Gasteiger charge is 2.23. The van der Waals surface area contributed by atoms with E-state index in [1.165, 1.54) is 0 Å². The van der Waals surface area contributed by atoms with Crippen LogP contribution in [0.25, 0.3) is 0 Å². The second-order valence-electron chi connectivity index (χ2n) is 9.73. The first kappa shape index (κ1) is 40.5. The van der Waals surface area contributed by atoms with E-state index in [1.54, 1.807) is 0 Å². The van der Waals surface area contributed by atoms with Crippen molar-refractivity contribution in [3.63, 3.8) is 0 Å². The van der Waals surface area contributed by atoms with Gasteiger partial charge >= 0.3 is 0 Å². The molecule has 248 valence electrons. The first-order chi connectivity index (χ1) is 20.3. The van der Waals surface area contributed by atoms with E-state index in [1.807, 2.05) is 0 Å². The fourth-order valence-corrected chi connectivity index (χ4v) is 3.61. The molecular formula is C29H64N4O8. The van der Waals surface area contributed by atoms with Gasteiger partial charge in [-0.3, -0.25) is 0 Å². The zero-order chi connectivity index (χ0) is 29.9. The summed E-state index contributed by atoms with van der Waals surface area (Å²) in [6.07, 6.45) is 7.02. The second kappa shape index (κ2) is 35.7. The molecule has 0 aromatic heterocycles. The predicted octanol–water partition coefficient (Wildman–Crippen LogP) is 1.20. The Kier molecular flexibility index (Phi) is 35.3. The molecule has 0 aliphatic heterocycles. The van der Waals surface area contributed by atoms with Crippen LogP contribution in [0.15, 0.2) is 0 Å². The SMILES string of the molecule is NCCCOCCCOCCC(OCCCOCCCN)C(COCCCOCCCN)OCCCOCCCN. The summed E-state index contributed by atoms with van der Waals surface area (Å²) in [5, 5.41) is 0. The van der Waals surface area contributed by atoms with Gasteiger partial charge in [-0.15, -0.1) is 0 Å². The van der Waals surface area contributed by atoms with Crippen molar-refractivity contribution >= 4 is 0 Å². The van der Waals surface area contributed by atoms with Gasteiger partial charge in [0.2, 0.25) is 0 Å². The molecule has 0 amide bonds. The number of ether oxygens (including phenoxy) is 8. The molecule has 12 nitrogen and oxygen atoms in total. The third-order valence-corrected chi connectivity index (χ3v) is 5.90. The molecule has 0 aliphatic rings. The van der Waals surface area contributed by atoms with Crippen molar-refractivity contribution in [3.8, 4) is 0 Å². The Labute approximate surface area is 249 Å². The Morgan fingerprint density at radius 1 is 0.317 bits per heavy atom. The molecule has 2 atom stereocenters. The van der Waals surface area contributed by atoms with Gasteiger partial charge in [0.15, 0.2) is 0 Å². The molecule has 0 radical (unpaired) electrons. The van der Waals surface area contributed by atoms with Crippen LogP contribution in [0.3, 0.4) is 0 Å². The lowest BCUT2D eigenvalue weighted by atomic mass is 10.1. The van der Waals surface area contributed by atoms with Crippen molar-refractivity contribution < 1.29 is 37.9 Å². The van der Waals surface area contributed by atoms with E-state index in [2.05, 4.69) is 0 Å². The fraction of sp³-hybridized carbons (Fsp3) is 1.00. The van der Waals surface area contributed by atoms with Gasteiger partial charge in [0.25, 0.3) is 0 Å². The van der Waals surface area contributed by atoms with Crippen LogP contribution >= 0.6 is 0 Å². The molecule has 12 heteroatoms. The highest BCUT2D eigenvalue weighted by Crippen LogP contribution is 2.12. The molecule has 0 saturated heterocycles. The molecule has 0 rings (SSSR count). The van der Waals surface area contributed by atoms with E-state index < -0.39 is 0 Å². The third-order valence-electron chi connectivity index (χ3n) is 5.90. The van der Waals surface area contributed by atoms with Gasteiger partial charge in [-0.25, -0.2) is 0 Å². The average molecular weight is 597 g/mol. The summed E-state index contributed by atoms with van der Waals surface area (Å²) < 4.78 is 46.8. The summed E-state index contributed by atoms with van der Waals surface area (Å²) in [7, 11) is 0. The first-order valence-electron chi connectivity index (χ1n) is 15.8. The van der Waals surface area contributed by atoms with E-state index >= 15 is 0 Å². The fourth-order valence-electron chi connectivity index (χ4n) is 3.61. The minimum atomic E-state index is -0.224. The average Bonchev–Trinajstić information content (AvgIpc) is 2.98. The quantitative estimate of drug-likeness (QED) is 0.0761. The van der Waals surface area contributed by atoms with Gasteiger partial charge in [-0.2, -0.15) is 0 Å². The normalized spacial score (nSPS) is 13.2. The van der Waals surface area contributed by atoms with Crippen LogP contribution in [0.2, 0.25) is 0 Å². The highest BCUT2D eigenvalue weighted by molar-refractivity contribution is 4.72. The smallest absolute Gasteiger partial charge is 0.107 e. The molecule has 0 aliphatic carbocycles. The van der Waals surface area contributed by atoms with Crippen molar-refractivity contribution in [1.29, 1.82) is 0 Å². The molecular weight excluding hydrogens is 532 g/mol. The molecule has 41 heavy (non-hydrogen) atoms. The monoisotopic (exact) mass is 596 g/mol. The van der Waals surface area contributed by atoms with Gasteiger partial charge in [0.05, 0.1) is 12.7 Å². The molecule has 0 spiro atoms. The molecule has 0 aromatic rings. The number of hydrogen-bond donors (Lipinski definition) is 4. The van der Waals surface area contributed by atoms with Gasteiger partial charge in [-0.1, -0.05) is 0 Å². The van der Waals surface area contributed by atoms with Crippen LogP contribution in [0.5, 0.6) is 0 Å². The van der Waals surface area contributed by atoms with Crippen molar-refractivity contribution in [2.45, 2.75) is 70.0 Å². The lowest BCUT2D eigenvalue weighted by molar-refractivity contribution is -0.117. The van der Waals surface area contributed by atoms with Crippen LogP contribution in [0.1, 0.15) is 57.8 Å². The standard InChI is InChI=1S/C29H64N4O8/c30-10-1-14-34-18-5-20-38-26-9-28(40-24-7-21-36-16-3-12-32)29(41-25-8-22-37-17-4-13-33)27-39-23-6-19-35-15-2-11-31/h28-29H,1-27,30-33H2. The Morgan fingerprint density at radius 2 is 0.634 bits per heavy atom. The molecule has 0 aromatic carbocycles. The Balaban J connectivity index is 4.72. The molecule has 0 heterocycles. The summed E-state index contributed by atoms with van der Waals surface area (Å²) in [4.78, 5) is 0. The summed E-state index contributed by atoms with van der Waals surface area (Å²) in [6, 6.07) is 0. The number of hydrogen-bond acceptors (Lipinski definition) is 12. The molecule has 0 bridgehead atoms. The topological polar surface area (TPSA) is 178 Å². The molecule has 8 N–H and O–H groups in total. The van der Waals surface area contributed by atoms with Crippen molar-refractivity contribution in [3.05, 3.63) is 0 Å². The Morgan fingerprint density at radius 3 is 1.05 bits per heavy atom. The van der Waals surface area contributed by atoms with Crippen molar-refractivity contribution in [1.82, 2.24) is 0 Å². The van der Waals surface area contributed by atoms with Crippen LogP contribution < -0.4 is 22.9 Å². The van der Waals surface area contributed by atoms with Crippen molar-refractivity contribution in [2.75, 3.05) is 119 Å². The zero-order valence-electron chi connectivity index (χ0n) is 25.8. The lowest BCUT2D eigenvalue weighted by Gasteiger charge is -2.28. The van der Waals surface area contributed by atoms with Crippen LogP contribution in [0, 0.1) is 0 Å². The molecule has 0 fully saturated rings. The zero-order valence-corrected chi connectivity index (χ0v) is 25.8. The van der Waals surface area contributed by atoms with E-state index in [9.17, 15) is 0 Å². The molecule has 0 saturated carbocycles. The Hall–Kier alpha value is -0.480. The van der Waals surface area contributed by atoms with Crippen molar-refractivity contribution in [2.24, 2.45) is 22.9 Å². The highest BCUT2D eigenvalue weighted by atomic mass is 16.6. The van der Waals surface area contributed by atoms with Crippen LogP contribution in [-0.4, -0.2) is 131 Å². The van der Waals surface area contributed by atoms with Gasteiger partial charge in [0.1, 0.15) is 6.10 Å². The summed E-state index contributed by atoms with van der Waals surface area (Å²) in [5.41, 5.74) is 22.1. The van der Waals surface area contributed by atoms with E-state index in [-0.39, 0.29) is 12.2 Å². The predicted molar refractivity (Wildman–Crippen MR) is 162 cm³/mol. The lowest BCUT2D eigenvalue weighted by Crippen LogP contribution is -2.37. The van der Waals surface area contributed by atoms with E-state index in [0.717, 1.165) is 51.4 Å². The molecule has 2 unspecified atom stereocenters. The van der Waals surface area contributed by atoms with E-state index in [0.29, 0.717) is 125 Å². The number of rotatable bonds is 36. The largest absolute Gasteiger partial charge is 0.381 e. The van der Waals surface area contributed by atoms with Gasteiger partial charge in [0, 0.05) is 85.9 Å². The summed E-state index contributed by atoms with van der Waals surface area (Å²) in [6.45, 7) is 11.2. The second-order valence-corrected chi connectivity index (χ2v) is 9.73. The Bertz CT molecular complexity index is 486.